The van der Waals surface area contributed by atoms with Crippen molar-refractivity contribution in [2.45, 2.75) is 70.5 Å². The fourth-order valence-electron chi connectivity index (χ4n) is 3.74. The van der Waals surface area contributed by atoms with Gasteiger partial charge in [-0.25, -0.2) is 9.59 Å². The van der Waals surface area contributed by atoms with Gasteiger partial charge in [0.15, 0.2) is 17.7 Å². The summed E-state index contributed by atoms with van der Waals surface area (Å²) in [6.45, 7) is 7.70. The van der Waals surface area contributed by atoms with Crippen LogP contribution in [0.4, 0.5) is 4.79 Å². The normalized spacial score (nSPS) is 24.7. The molecule has 1 saturated carbocycles. The van der Waals surface area contributed by atoms with Gasteiger partial charge in [0.05, 0.1) is 12.7 Å². The molecule has 0 radical (unpaired) electrons. The van der Waals surface area contributed by atoms with Gasteiger partial charge in [-0.3, -0.25) is 9.59 Å². The van der Waals surface area contributed by atoms with Crippen LogP contribution < -0.4 is 0 Å². The summed E-state index contributed by atoms with van der Waals surface area (Å²) in [7, 11) is 1.21. The number of rotatable bonds is 9. The van der Waals surface area contributed by atoms with E-state index < -0.39 is 23.8 Å². The molecule has 31 heavy (non-hydrogen) atoms. The molecule has 8 heteroatoms. The molecule has 1 saturated heterocycles. The first-order valence-electron chi connectivity index (χ1n) is 10.5. The molecule has 1 N–H and O–H groups in total. The van der Waals surface area contributed by atoms with Crippen LogP contribution in [0, 0.1) is 5.92 Å². The predicted molar refractivity (Wildman–Crippen MR) is 111 cm³/mol. The molecule has 3 atom stereocenters. The zero-order valence-corrected chi connectivity index (χ0v) is 18.3. The van der Waals surface area contributed by atoms with Crippen LogP contribution in [0.15, 0.2) is 35.6 Å². The van der Waals surface area contributed by atoms with Crippen LogP contribution in [0.2, 0.25) is 0 Å². The first-order chi connectivity index (χ1) is 14.7. The monoisotopic (exact) mass is 434 g/mol. The van der Waals surface area contributed by atoms with Gasteiger partial charge in [0.25, 0.3) is 5.60 Å². The first kappa shape index (κ1) is 24.4. The number of methoxy groups -OCH3 is 1. The lowest BCUT2D eigenvalue weighted by Gasteiger charge is -2.28. The summed E-state index contributed by atoms with van der Waals surface area (Å²) < 4.78 is 15.3. The number of carbonyl (C=O) groups excluding carboxylic acids is 4. The second-order valence-corrected chi connectivity index (χ2v) is 7.94. The Morgan fingerprint density at radius 2 is 1.94 bits per heavy atom. The first-order valence-corrected chi connectivity index (χ1v) is 10.5. The van der Waals surface area contributed by atoms with E-state index in [0.29, 0.717) is 31.3 Å². The van der Waals surface area contributed by atoms with Crippen LogP contribution in [-0.2, 0) is 28.6 Å². The third-order valence-corrected chi connectivity index (χ3v) is 5.70. The molecule has 0 amide bonds. The average Bonchev–Trinajstić information content (AvgIpc) is 3.08. The van der Waals surface area contributed by atoms with Crippen molar-refractivity contribution < 1.29 is 38.5 Å². The van der Waals surface area contributed by atoms with Gasteiger partial charge in [0.2, 0.25) is 0 Å². The molecule has 1 aliphatic carbocycles. The maximum Gasteiger partial charge on any atom is 0.510 e. The molecule has 0 bridgehead atoms. The van der Waals surface area contributed by atoms with Gasteiger partial charge in [0, 0.05) is 19.3 Å². The summed E-state index contributed by atoms with van der Waals surface area (Å²) in [6.07, 6.45) is 3.84. The van der Waals surface area contributed by atoms with Crippen molar-refractivity contribution in [3.63, 3.8) is 0 Å². The van der Waals surface area contributed by atoms with Crippen molar-refractivity contribution in [3.8, 4) is 0 Å². The zero-order chi connectivity index (χ0) is 23.2. The topological polar surface area (TPSA) is 116 Å². The number of carbonyl (C=O) groups is 4. The summed E-state index contributed by atoms with van der Waals surface area (Å²) in [5.74, 6) is -1.73. The molecule has 0 unspecified atom stereocenters. The summed E-state index contributed by atoms with van der Waals surface area (Å²) in [5.41, 5.74) is -1.07. The van der Waals surface area contributed by atoms with E-state index in [9.17, 15) is 24.3 Å². The molecule has 0 aromatic carbocycles. The highest BCUT2D eigenvalue weighted by Crippen LogP contribution is 2.36. The molecule has 0 aromatic rings. The SMILES string of the molecule is C=C(C/C=C/[C@]1(C(=O)OC)OC(=O)O[C@@H]1[C@@H](C)CC)CCC(O)=C1C(=O)CCCC1=O. The Balaban J connectivity index is 2.07. The van der Waals surface area contributed by atoms with Crippen molar-refractivity contribution in [1.82, 2.24) is 0 Å². The Labute approximate surface area is 181 Å². The highest BCUT2D eigenvalue weighted by Gasteiger charge is 2.58. The largest absolute Gasteiger partial charge is 0.511 e. The van der Waals surface area contributed by atoms with Crippen LogP contribution in [-0.4, -0.2) is 47.6 Å². The molecule has 2 fully saturated rings. The molecule has 170 valence electrons. The van der Waals surface area contributed by atoms with Gasteiger partial charge in [-0.1, -0.05) is 32.1 Å². The van der Waals surface area contributed by atoms with E-state index in [1.807, 2.05) is 13.8 Å². The van der Waals surface area contributed by atoms with Crippen LogP contribution in [0.5, 0.6) is 0 Å². The number of cyclic esters (lactones) is 2. The minimum atomic E-state index is -1.67. The van der Waals surface area contributed by atoms with Crippen LogP contribution in [0.25, 0.3) is 0 Å². The fourth-order valence-corrected chi connectivity index (χ4v) is 3.74. The summed E-state index contributed by atoms with van der Waals surface area (Å²) in [6, 6.07) is 0. The van der Waals surface area contributed by atoms with Gasteiger partial charge in [-0.05, 0) is 37.7 Å². The number of aliphatic hydroxyl groups excluding tert-OH is 1. The maximum atomic E-state index is 12.5. The molecule has 1 aliphatic heterocycles. The van der Waals surface area contributed by atoms with Crippen molar-refractivity contribution >= 4 is 23.7 Å². The number of aliphatic hydroxyl groups is 1. The van der Waals surface area contributed by atoms with Crippen LogP contribution in [0.3, 0.4) is 0 Å². The Morgan fingerprint density at radius 1 is 1.29 bits per heavy atom. The number of esters is 1. The van der Waals surface area contributed by atoms with Crippen molar-refractivity contribution in [2.24, 2.45) is 5.92 Å². The van der Waals surface area contributed by atoms with E-state index >= 15 is 0 Å². The molecule has 8 nitrogen and oxygen atoms in total. The van der Waals surface area contributed by atoms with Crippen LogP contribution >= 0.6 is 0 Å². The average molecular weight is 434 g/mol. The number of hydrogen-bond acceptors (Lipinski definition) is 8. The number of hydrogen-bond donors (Lipinski definition) is 1. The quantitative estimate of drug-likeness (QED) is 0.191. The highest BCUT2D eigenvalue weighted by atomic mass is 16.8. The number of ketones is 2. The van der Waals surface area contributed by atoms with Crippen molar-refractivity contribution in [1.29, 1.82) is 0 Å². The molecule has 2 rings (SSSR count). The summed E-state index contributed by atoms with van der Waals surface area (Å²) >= 11 is 0. The van der Waals surface area contributed by atoms with E-state index in [1.54, 1.807) is 6.08 Å². The number of Topliss-reactive ketones (excluding diaryl/α,β-unsaturated/α-hetero) is 2. The molecule has 0 aromatic heterocycles. The Morgan fingerprint density at radius 3 is 2.52 bits per heavy atom. The van der Waals surface area contributed by atoms with Crippen LogP contribution in [0.1, 0.15) is 58.8 Å². The molecular weight excluding hydrogens is 404 g/mol. The van der Waals surface area contributed by atoms with Gasteiger partial charge in [-0.2, -0.15) is 0 Å². The third kappa shape index (κ3) is 5.42. The minimum Gasteiger partial charge on any atom is -0.511 e. The number of allylic oxidation sites excluding steroid dienone is 4. The van der Waals surface area contributed by atoms with E-state index in [4.69, 9.17) is 14.2 Å². The van der Waals surface area contributed by atoms with Crippen molar-refractivity contribution in [2.75, 3.05) is 7.11 Å². The van der Waals surface area contributed by atoms with Gasteiger partial charge >= 0.3 is 12.1 Å². The van der Waals surface area contributed by atoms with Gasteiger partial charge < -0.3 is 19.3 Å². The Bertz CT molecular complexity index is 803. The van der Waals surface area contributed by atoms with E-state index in [-0.39, 0.29) is 48.1 Å². The third-order valence-electron chi connectivity index (χ3n) is 5.70. The van der Waals surface area contributed by atoms with Gasteiger partial charge in [-0.15, -0.1) is 0 Å². The van der Waals surface area contributed by atoms with E-state index in [1.165, 1.54) is 13.2 Å². The van der Waals surface area contributed by atoms with Crippen molar-refractivity contribution in [3.05, 3.63) is 35.6 Å². The maximum absolute atomic E-state index is 12.5. The molecule has 2 aliphatic rings. The standard InChI is InChI=1S/C23H30O8/c1-5-15(3)20-23(21(27)29-4,31-22(28)30-20)13-7-8-14(2)11-12-18(26)19-16(24)9-6-10-17(19)25/h7,13,15,20,26H,2,5-6,8-12H2,1,3-4H3/b13-7+/t15-,20+,23-/m0/s1. The second-order valence-electron chi connectivity index (χ2n) is 7.94. The lowest BCUT2D eigenvalue weighted by atomic mass is 9.85. The van der Waals surface area contributed by atoms with E-state index in [2.05, 4.69) is 6.58 Å². The smallest absolute Gasteiger partial charge is 0.510 e. The Hall–Kier alpha value is -2.90. The molecular formula is C23H30O8. The van der Waals surface area contributed by atoms with Gasteiger partial charge in [0.1, 0.15) is 5.76 Å². The second kappa shape index (κ2) is 10.4. The molecule has 1 heterocycles. The minimum absolute atomic E-state index is 0.0920. The summed E-state index contributed by atoms with van der Waals surface area (Å²) in [5, 5.41) is 10.2. The van der Waals surface area contributed by atoms with E-state index in [0.717, 1.165) is 0 Å². The molecule has 0 spiro atoms. The lowest BCUT2D eigenvalue weighted by Crippen LogP contribution is -2.49. The highest BCUT2D eigenvalue weighted by molar-refractivity contribution is 6.22. The summed E-state index contributed by atoms with van der Waals surface area (Å²) in [4.78, 5) is 48.1. The lowest BCUT2D eigenvalue weighted by molar-refractivity contribution is -0.158. The Kier molecular flexibility index (Phi) is 8.19. The zero-order valence-electron chi connectivity index (χ0n) is 18.3. The predicted octanol–water partition coefficient (Wildman–Crippen LogP) is 3.90. The fraction of sp³-hybridized carbons (Fsp3) is 0.565. The number of ether oxygens (including phenoxy) is 3.